The molecule has 0 heterocycles. The molecular weight excluding hydrogens is 208 g/mol. The predicted molar refractivity (Wildman–Crippen MR) is 69.0 cm³/mol. The van der Waals surface area contributed by atoms with Crippen LogP contribution >= 0.6 is 0 Å². The Morgan fingerprint density at radius 3 is 2.82 bits per heavy atom. The van der Waals surface area contributed by atoms with Crippen LogP contribution in [0.3, 0.4) is 0 Å². The van der Waals surface area contributed by atoms with Gasteiger partial charge in [0.2, 0.25) is 0 Å². The van der Waals surface area contributed by atoms with Crippen molar-refractivity contribution in [2.24, 2.45) is 11.8 Å². The lowest BCUT2D eigenvalue weighted by molar-refractivity contribution is -0.124. The number of benzene rings is 1. The molecule has 0 aromatic heterocycles. The number of hydrogen-bond acceptors (Lipinski definition) is 1. The molecular formula is C16H20O. The second-order valence-electron chi connectivity index (χ2n) is 5.78. The Balaban J connectivity index is 1.64. The summed E-state index contributed by atoms with van der Waals surface area (Å²) < 4.78 is 0. The van der Waals surface area contributed by atoms with E-state index in [1.807, 2.05) is 0 Å². The van der Waals surface area contributed by atoms with E-state index in [1.165, 1.54) is 24.0 Å². The van der Waals surface area contributed by atoms with Crippen LogP contribution in [0.25, 0.3) is 0 Å². The van der Waals surface area contributed by atoms with Crippen molar-refractivity contribution < 1.29 is 4.79 Å². The fourth-order valence-electron chi connectivity index (χ4n) is 3.56. The van der Waals surface area contributed by atoms with Crippen LogP contribution in [0.1, 0.15) is 49.7 Å². The molecule has 1 nitrogen and oxygen atoms in total. The second kappa shape index (κ2) is 4.29. The third kappa shape index (κ3) is 1.92. The highest BCUT2D eigenvalue weighted by molar-refractivity contribution is 5.82. The summed E-state index contributed by atoms with van der Waals surface area (Å²) in [6, 6.07) is 8.56. The lowest BCUT2D eigenvalue weighted by Gasteiger charge is -2.30. The maximum absolute atomic E-state index is 12.3. The van der Waals surface area contributed by atoms with Gasteiger partial charge in [-0.2, -0.15) is 0 Å². The monoisotopic (exact) mass is 228 g/mol. The Bertz CT molecular complexity index is 435. The van der Waals surface area contributed by atoms with Gasteiger partial charge in [-0.05, 0) is 42.2 Å². The molecule has 1 aromatic rings. The molecule has 0 N–H and O–H groups in total. The van der Waals surface area contributed by atoms with E-state index in [-0.39, 0.29) is 0 Å². The van der Waals surface area contributed by atoms with Crippen molar-refractivity contribution >= 4 is 5.78 Å². The van der Waals surface area contributed by atoms with Crippen molar-refractivity contribution in [3.63, 3.8) is 0 Å². The molecule has 0 aliphatic heterocycles. The molecule has 3 rings (SSSR count). The highest BCUT2D eigenvalue weighted by atomic mass is 16.1. The standard InChI is InChI=1S/C16H20O/c1-11-5-4-8-14(11)16(17)10-13-9-12-6-2-3-7-15(12)13/h2-3,6-7,11,13-14H,4-5,8-10H2,1H3. The number of Topliss-reactive ketones (excluding diaryl/α,β-unsaturated/α-hetero) is 1. The van der Waals surface area contributed by atoms with Crippen LogP contribution in [0.2, 0.25) is 0 Å². The molecule has 0 radical (unpaired) electrons. The fourth-order valence-corrected chi connectivity index (χ4v) is 3.56. The van der Waals surface area contributed by atoms with E-state index in [0.29, 0.717) is 23.5 Å². The fraction of sp³-hybridized carbons (Fsp3) is 0.562. The van der Waals surface area contributed by atoms with Crippen LogP contribution in [0.5, 0.6) is 0 Å². The number of fused-ring (bicyclic) bond motifs is 1. The zero-order valence-electron chi connectivity index (χ0n) is 10.5. The zero-order chi connectivity index (χ0) is 11.8. The Labute approximate surface area is 103 Å². The van der Waals surface area contributed by atoms with Gasteiger partial charge in [0.25, 0.3) is 0 Å². The Morgan fingerprint density at radius 1 is 1.29 bits per heavy atom. The number of carbonyl (C=O) groups excluding carboxylic acids is 1. The summed E-state index contributed by atoms with van der Waals surface area (Å²) in [6.07, 6.45) is 5.53. The summed E-state index contributed by atoms with van der Waals surface area (Å²) in [7, 11) is 0. The van der Waals surface area contributed by atoms with E-state index in [9.17, 15) is 4.79 Å². The molecule has 3 atom stereocenters. The normalized spacial score (nSPS) is 30.8. The van der Waals surface area contributed by atoms with Crippen LogP contribution < -0.4 is 0 Å². The van der Waals surface area contributed by atoms with Crippen molar-refractivity contribution in [3.05, 3.63) is 35.4 Å². The zero-order valence-corrected chi connectivity index (χ0v) is 10.5. The molecule has 1 saturated carbocycles. The van der Waals surface area contributed by atoms with Crippen molar-refractivity contribution in [2.45, 2.75) is 44.9 Å². The van der Waals surface area contributed by atoms with Gasteiger partial charge < -0.3 is 0 Å². The molecule has 90 valence electrons. The first-order valence-electron chi connectivity index (χ1n) is 6.86. The molecule has 0 bridgehead atoms. The number of hydrogen-bond donors (Lipinski definition) is 0. The average Bonchev–Trinajstić information content (AvgIpc) is 2.72. The third-order valence-corrected chi connectivity index (χ3v) is 4.68. The summed E-state index contributed by atoms with van der Waals surface area (Å²) in [5.74, 6) is 2.03. The van der Waals surface area contributed by atoms with Gasteiger partial charge in [0.15, 0.2) is 0 Å². The molecule has 2 aliphatic carbocycles. The van der Waals surface area contributed by atoms with Crippen LogP contribution in [0, 0.1) is 11.8 Å². The van der Waals surface area contributed by atoms with Gasteiger partial charge in [0.05, 0.1) is 0 Å². The van der Waals surface area contributed by atoms with Crippen LogP contribution in [-0.4, -0.2) is 5.78 Å². The third-order valence-electron chi connectivity index (χ3n) is 4.68. The van der Waals surface area contributed by atoms with Crippen molar-refractivity contribution in [1.82, 2.24) is 0 Å². The lowest BCUT2D eigenvalue weighted by atomic mass is 9.73. The molecule has 0 saturated heterocycles. The summed E-state index contributed by atoms with van der Waals surface area (Å²) in [6.45, 7) is 2.24. The minimum Gasteiger partial charge on any atom is -0.299 e. The molecule has 1 heteroatoms. The highest BCUT2D eigenvalue weighted by Crippen LogP contribution is 2.40. The average molecular weight is 228 g/mol. The molecule has 0 spiro atoms. The summed E-state index contributed by atoms with van der Waals surface area (Å²) >= 11 is 0. The highest BCUT2D eigenvalue weighted by Gasteiger charge is 2.34. The Kier molecular flexibility index (Phi) is 2.78. The molecule has 17 heavy (non-hydrogen) atoms. The maximum Gasteiger partial charge on any atom is 0.136 e. The largest absolute Gasteiger partial charge is 0.299 e. The van der Waals surface area contributed by atoms with E-state index >= 15 is 0 Å². The van der Waals surface area contributed by atoms with Gasteiger partial charge in [-0.3, -0.25) is 4.79 Å². The molecule has 2 aliphatic rings. The van der Waals surface area contributed by atoms with Crippen molar-refractivity contribution in [1.29, 1.82) is 0 Å². The predicted octanol–water partition coefficient (Wildman–Crippen LogP) is 3.72. The van der Waals surface area contributed by atoms with Crippen LogP contribution in [0.4, 0.5) is 0 Å². The van der Waals surface area contributed by atoms with Gasteiger partial charge in [0, 0.05) is 12.3 Å². The SMILES string of the molecule is CC1CCCC1C(=O)CC1Cc2ccccc21. The van der Waals surface area contributed by atoms with Gasteiger partial charge >= 0.3 is 0 Å². The Hall–Kier alpha value is -1.11. The first-order valence-corrected chi connectivity index (χ1v) is 6.86. The number of ketones is 1. The first kappa shape index (κ1) is 11.0. The van der Waals surface area contributed by atoms with Crippen LogP contribution in [0.15, 0.2) is 24.3 Å². The molecule has 1 aromatic carbocycles. The van der Waals surface area contributed by atoms with Crippen molar-refractivity contribution in [3.8, 4) is 0 Å². The van der Waals surface area contributed by atoms with Crippen LogP contribution in [-0.2, 0) is 11.2 Å². The van der Waals surface area contributed by atoms with E-state index in [1.54, 1.807) is 0 Å². The van der Waals surface area contributed by atoms with E-state index in [0.717, 1.165) is 19.3 Å². The summed E-state index contributed by atoms with van der Waals surface area (Å²) in [4.78, 5) is 12.3. The smallest absolute Gasteiger partial charge is 0.136 e. The molecule has 1 fully saturated rings. The molecule has 3 unspecified atom stereocenters. The number of carbonyl (C=O) groups is 1. The minimum absolute atomic E-state index is 0.364. The van der Waals surface area contributed by atoms with Gasteiger partial charge in [-0.1, -0.05) is 37.6 Å². The van der Waals surface area contributed by atoms with E-state index in [2.05, 4.69) is 31.2 Å². The maximum atomic E-state index is 12.3. The van der Waals surface area contributed by atoms with Gasteiger partial charge in [-0.15, -0.1) is 0 Å². The van der Waals surface area contributed by atoms with Gasteiger partial charge in [0.1, 0.15) is 5.78 Å². The second-order valence-corrected chi connectivity index (χ2v) is 5.78. The summed E-state index contributed by atoms with van der Waals surface area (Å²) in [5.41, 5.74) is 2.87. The quantitative estimate of drug-likeness (QED) is 0.770. The molecule has 0 amide bonds. The topological polar surface area (TPSA) is 17.1 Å². The number of rotatable bonds is 3. The van der Waals surface area contributed by atoms with Crippen molar-refractivity contribution in [2.75, 3.05) is 0 Å². The minimum atomic E-state index is 0.364. The summed E-state index contributed by atoms with van der Waals surface area (Å²) in [5, 5.41) is 0. The Morgan fingerprint density at radius 2 is 2.12 bits per heavy atom. The first-order chi connectivity index (χ1) is 8.25. The lowest BCUT2D eigenvalue weighted by Crippen LogP contribution is -2.25. The van der Waals surface area contributed by atoms with E-state index < -0.39 is 0 Å². The van der Waals surface area contributed by atoms with Gasteiger partial charge in [-0.25, -0.2) is 0 Å². The van der Waals surface area contributed by atoms with E-state index in [4.69, 9.17) is 0 Å².